The standard InChI is InChI=1S/C20H26N2O4S/c1-14-6-9-18(12-15(14)2)22(27(5,24)25)13-20(23)21-16(3)17-7-10-19(26-4)11-8-17/h6-12,16H,13H2,1-5H3,(H,21,23)/t16-/m1/s1. The van der Waals surface area contributed by atoms with Gasteiger partial charge in [-0.3, -0.25) is 9.10 Å². The number of sulfonamides is 1. The van der Waals surface area contributed by atoms with Gasteiger partial charge in [0.05, 0.1) is 25.1 Å². The second-order valence-electron chi connectivity index (χ2n) is 6.60. The summed E-state index contributed by atoms with van der Waals surface area (Å²) in [5.74, 6) is 0.359. The van der Waals surface area contributed by atoms with Crippen LogP contribution < -0.4 is 14.4 Å². The number of hydrogen-bond acceptors (Lipinski definition) is 4. The van der Waals surface area contributed by atoms with E-state index in [4.69, 9.17) is 4.74 Å². The molecular formula is C20H26N2O4S. The molecule has 2 rings (SSSR count). The highest BCUT2D eigenvalue weighted by Gasteiger charge is 2.22. The average molecular weight is 391 g/mol. The number of nitrogens with zero attached hydrogens (tertiary/aromatic N) is 1. The molecule has 0 aliphatic rings. The van der Waals surface area contributed by atoms with E-state index in [9.17, 15) is 13.2 Å². The third-order valence-corrected chi connectivity index (χ3v) is 5.60. The highest BCUT2D eigenvalue weighted by Crippen LogP contribution is 2.22. The van der Waals surface area contributed by atoms with Gasteiger partial charge in [0, 0.05) is 0 Å². The molecule has 0 aliphatic heterocycles. The molecule has 6 nitrogen and oxygen atoms in total. The minimum absolute atomic E-state index is 0.260. The number of carbonyl (C=O) groups excluding carboxylic acids is 1. The van der Waals surface area contributed by atoms with Gasteiger partial charge in [-0.15, -0.1) is 0 Å². The zero-order valence-electron chi connectivity index (χ0n) is 16.3. The van der Waals surface area contributed by atoms with Crippen LogP contribution in [0.25, 0.3) is 0 Å². The van der Waals surface area contributed by atoms with Crippen molar-refractivity contribution < 1.29 is 17.9 Å². The van der Waals surface area contributed by atoms with Gasteiger partial charge in [0.25, 0.3) is 0 Å². The number of amides is 1. The van der Waals surface area contributed by atoms with Crippen molar-refractivity contribution in [2.45, 2.75) is 26.8 Å². The molecular weight excluding hydrogens is 364 g/mol. The SMILES string of the molecule is COc1ccc([C@@H](C)NC(=O)CN(c2ccc(C)c(C)c2)S(C)(=O)=O)cc1. The van der Waals surface area contributed by atoms with Gasteiger partial charge in [0.2, 0.25) is 15.9 Å². The number of nitrogens with one attached hydrogen (secondary N) is 1. The molecule has 2 aromatic rings. The molecule has 0 radical (unpaired) electrons. The molecule has 0 saturated heterocycles. The third kappa shape index (κ3) is 5.47. The first-order chi connectivity index (χ1) is 12.6. The van der Waals surface area contributed by atoms with Crippen LogP contribution in [0.3, 0.4) is 0 Å². The number of ether oxygens (including phenoxy) is 1. The molecule has 2 aromatic carbocycles. The summed E-state index contributed by atoms with van der Waals surface area (Å²) < 4.78 is 30.7. The summed E-state index contributed by atoms with van der Waals surface area (Å²) in [5.41, 5.74) is 3.41. The van der Waals surface area contributed by atoms with E-state index >= 15 is 0 Å². The van der Waals surface area contributed by atoms with Crippen LogP contribution in [0.2, 0.25) is 0 Å². The third-order valence-electron chi connectivity index (χ3n) is 4.46. The van der Waals surface area contributed by atoms with Crippen molar-refractivity contribution in [2.24, 2.45) is 0 Å². The number of methoxy groups -OCH3 is 1. The van der Waals surface area contributed by atoms with Crippen molar-refractivity contribution in [2.75, 3.05) is 24.2 Å². The first-order valence-corrected chi connectivity index (χ1v) is 10.4. The van der Waals surface area contributed by atoms with Gasteiger partial charge in [0.1, 0.15) is 12.3 Å². The molecule has 0 aromatic heterocycles. The molecule has 27 heavy (non-hydrogen) atoms. The average Bonchev–Trinajstić information content (AvgIpc) is 2.61. The number of hydrogen-bond donors (Lipinski definition) is 1. The smallest absolute Gasteiger partial charge is 0.241 e. The maximum absolute atomic E-state index is 12.5. The van der Waals surface area contributed by atoms with Crippen LogP contribution in [0.1, 0.15) is 29.7 Å². The minimum atomic E-state index is -3.60. The van der Waals surface area contributed by atoms with Crippen molar-refractivity contribution >= 4 is 21.6 Å². The second kappa shape index (κ2) is 8.43. The highest BCUT2D eigenvalue weighted by atomic mass is 32.2. The summed E-state index contributed by atoms with van der Waals surface area (Å²) in [5, 5.41) is 2.85. The minimum Gasteiger partial charge on any atom is -0.497 e. The summed E-state index contributed by atoms with van der Waals surface area (Å²) in [4.78, 5) is 12.5. The Morgan fingerprint density at radius 3 is 2.26 bits per heavy atom. The monoisotopic (exact) mass is 390 g/mol. The van der Waals surface area contributed by atoms with Crippen LogP contribution in [-0.4, -0.2) is 34.2 Å². The van der Waals surface area contributed by atoms with Gasteiger partial charge in [-0.2, -0.15) is 0 Å². The van der Waals surface area contributed by atoms with E-state index in [2.05, 4.69) is 5.32 Å². The zero-order chi connectivity index (χ0) is 20.2. The Morgan fingerprint density at radius 2 is 1.74 bits per heavy atom. The Balaban J connectivity index is 2.14. The summed E-state index contributed by atoms with van der Waals surface area (Å²) in [6, 6.07) is 12.4. The van der Waals surface area contributed by atoms with Gasteiger partial charge >= 0.3 is 0 Å². The van der Waals surface area contributed by atoms with Crippen molar-refractivity contribution in [3.8, 4) is 5.75 Å². The van der Waals surface area contributed by atoms with E-state index < -0.39 is 10.0 Å². The molecule has 0 heterocycles. The Morgan fingerprint density at radius 1 is 1.11 bits per heavy atom. The lowest BCUT2D eigenvalue weighted by molar-refractivity contribution is -0.120. The Labute approximate surface area is 161 Å². The fourth-order valence-electron chi connectivity index (χ4n) is 2.67. The van der Waals surface area contributed by atoms with Crippen molar-refractivity contribution in [3.05, 3.63) is 59.2 Å². The van der Waals surface area contributed by atoms with Crippen LogP contribution >= 0.6 is 0 Å². The molecule has 1 amide bonds. The summed E-state index contributed by atoms with van der Waals surface area (Å²) in [6.45, 7) is 5.43. The molecule has 1 atom stereocenters. The van der Waals surface area contributed by atoms with Crippen molar-refractivity contribution in [3.63, 3.8) is 0 Å². The first-order valence-electron chi connectivity index (χ1n) is 8.60. The molecule has 0 saturated carbocycles. The van der Waals surface area contributed by atoms with Gasteiger partial charge < -0.3 is 10.1 Å². The van der Waals surface area contributed by atoms with Crippen molar-refractivity contribution in [1.29, 1.82) is 0 Å². The number of carbonyl (C=O) groups is 1. The predicted octanol–water partition coefficient (Wildman–Crippen LogP) is 2.96. The van der Waals surface area contributed by atoms with Gasteiger partial charge in [0.15, 0.2) is 0 Å². The fourth-order valence-corrected chi connectivity index (χ4v) is 3.52. The Hall–Kier alpha value is -2.54. The topological polar surface area (TPSA) is 75.7 Å². The van der Waals surface area contributed by atoms with E-state index in [1.807, 2.05) is 51.1 Å². The second-order valence-corrected chi connectivity index (χ2v) is 8.51. The highest BCUT2D eigenvalue weighted by molar-refractivity contribution is 7.92. The Bertz CT molecular complexity index is 908. The number of aryl methyl sites for hydroxylation is 2. The zero-order valence-corrected chi connectivity index (χ0v) is 17.1. The van der Waals surface area contributed by atoms with E-state index in [0.29, 0.717) is 5.69 Å². The summed E-state index contributed by atoms with van der Waals surface area (Å²) >= 11 is 0. The summed E-state index contributed by atoms with van der Waals surface area (Å²) in [6.07, 6.45) is 1.10. The normalized spacial score (nSPS) is 12.3. The van der Waals surface area contributed by atoms with E-state index in [1.165, 1.54) is 0 Å². The molecule has 0 spiro atoms. The lowest BCUT2D eigenvalue weighted by Gasteiger charge is -2.24. The lowest BCUT2D eigenvalue weighted by Crippen LogP contribution is -2.41. The quantitative estimate of drug-likeness (QED) is 0.789. The molecule has 7 heteroatoms. The van der Waals surface area contributed by atoms with Gasteiger partial charge in [-0.1, -0.05) is 18.2 Å². The van der Waals surface area contributed by atoms with E-state index in [0.717, 1.165) is 33.0 Å². The molecule has 0 fully saturated rings. The van der Waals surface area contributed by atoms with Crippen LogP contribution in [0.15, 0.2) is 42.5 Å². The van der Waals surface area contributed by atoms with E-state index in [1.54, 1.807) is 19.2 Å². The molecule has 0 unspecified atom stereocenters. The van der Waals surface area contributed by atoms with Crippen LogP contribution in [0.4, 0.5) is 5.69 Å². The van der Waals surface area contributed by atoms with Gasteiger partial charge in [-0.25, -0.2) is 8.42 Å². The summed E-state index contributed by atoms with van der Waals surface area (Å²) in [7, 11) is -2.01. The van der Waals surface area contributed by atoms with Crippen molar-refractivity contribution in [1.82, 2.24) is 5.32 Å². The number of rotatable bonds is 7. The largest absolute Gasteiger partial charge is 0.497 e. The Kier molecular flexibility index (Phi) is 6.49. The molecule has 146 valence electrons. The lowest BCUT2D eigenvalue weighted by atomic mass is 10.1. The van der Waals surface area contributed by atoms with E-state index in [-0.39, 0.29) is 18.5 Å². The fraction of sp³-hybridized carbons (Fsp3) is 0.350. The molecule has 0 aliphatic carbocycles. The van der Waals surface area contributed by atoms with Crippen LogP contribution in [-0.2, 0) is 14.8 Å². The van der Waals surface area contributed by atoms with Gasteiger partial charge in [-0.05, 0) is 61.7 Å². The molecule has 1 N–H and O–H groups in total. The maximum atomic E-state index is 12.5. The first kappa shape index (κ1) is 20.8. The predicted molar refractivity (Wildman–Crippen MR) is 108 cm³/mol. The molecule has 0 bridgehead atoms. The van der Waals surface area contributed by atoms with Crippen LogP contribution in [0, 0.1) is 13.8 Å². The van der Waals surface area contributed by atoms with Crippen LogP contribution in [0.5, 0.6) is 5.75 Å². The maximum Gasteiger partial charge on any atom is 0.241 e. The number of benzene rings is 2. The number of anilines is 1.